The zero-order valence-electron chi connectivity index (χ0n) is 19.0. The van der Waals surface area contributed by atoms with E-state index in [9.17, 15) is 22.5 Å². The predicted molar refractivity (Wildman–Crippen MR) is 125 cm³/mol. The van der Waals surface area contributed by atoms with Crippen LogP contribution in [-0.4, -0.2) is 83.9 Å². The summed E-state index contributed by atoms with van der Waals surface area (Å²) in [5.41, 5.74) is -0.433. The molecule has 0 bridgehead atoms. The molecule has 190 valence electrons. The Kier molecular flexibility index (Phi) is 5.68. The maximum atomic E-state index is 13.4. The number of sulfonamides is 1. The molecular formula is C21H22F2N8O3S2. The molecule has 0 radical (unpaired) electrons. The normalized spacial score (nSPS) is 22.1. The number of pyridine rings is 1. The van der Waals surface area contributed by atoms with Gasteiger partial charge in [0, 0.05) is 26.2 Å². The summed E-state index contributed by atoms with van der Waals surface area (Å²) in [4.78, 5) is 8.80. The fourth-order valence-corrected chi connectivity index (χ4v) is 6.78. The van der Waals surface area contributed by atoms with Gasteiger partial charge in [-0.1, -0.05) is 11.3 Å². The number of nitriles is 1. The van der Waals surface area contributed by atoms with Crippen LogP contribution in [0, 0.1) is 11.3 Å². The molecule has 1 aliphatic carbocycles. The van der Waals surface area contributed by atoms with Crippen LogP contribution in [0.4, 0.5) is 14.6 Å². The molecule has 3 aromatic heterocycles. The SMILES string of the molecule is N#CC1(NS(=O)(=O)c2cc(N3CCN4CCOC[C@H]4C3)n3cnc(-c4nnc(C(F)F)s4)c3c2)CC1. The largest absolute Gasteiger partial charge is 0.378 e. The lowest BCUT2D eigenvalue weighted by molar-refractivity contribution is -0.0118. The molecule has 0 spiro atoms. The first kappa shape index (κ1) is 23.6. The monoisotopic (exact) mass is 536 g/mol. The van der Waals surface area contributed by atoms with Gasteiger partial charge in [-0.2, -0.15) is 9.98 Å². The number of aromatic nitrogens is 4. The van der Waals surface area contributed by atoms with Gasteiger partial charge in [0.15, 0.2) is 10.0 Å². The summed E-state index contributed by atoms with van der Waals surface area (Å²) in [7, 11) is -4.06. The van der Waals surface area contributed by atoms with E-state index in [0.29, 0.717) is 61.8 Å². The molecule has 3 fully saturated rings. The van der Waals surface area contributed by atoms with Crippen molar-refractivity contribution in [2.24, 2.45) is 0 Å². The van der Waals surface area contributed by atoms with E-state index in [1.807, 2.05) is 6.07 Å². The van der Waals surface area contributed by atoms with Crippen molar-refractivity contribution in [3.63, 3.8) is 0 Å². The molecule has 0 amide bonds. The highest BCUT2D eigenvalue weighted by molar-refractivity contribution is 7.89. The number of nitrogens with one attached hydrogen (secondary N) is 1. The Labute approximate surface area is 209 Å². The van der Waals surface area contributed by atoms with Crippen LogP contribution >= 0.6 is 11.3 Å². The third-order valence-corrected chi connectivity index (χ3v) is 9.25. The minimum Gasteiger partial charge on any atom is -0.378 e. The quantitative estimate of drug-likeness (QED) is 0.500. The van der Waals surface area contributed by atoms with Crippen LogP contribution < -0.4 is 9.62 Å². The Bertz CT molecular complexity index is 1460. The van der Waals surface area contributed by atoms with E-state index in [1.165, 1.54) is 12.4 Å². The smallest absolute Gasteiger partial charge is 0.291 e. The summed E-state index contributed by atoms with van der Waals surface area (Å²) in [5, 5.41) is 16.6. The summed E-state index contributed by atoms with van der Waals surface area (Å²) < 4.78 is 62.9. The zero-order chi connectivity index (χ0) is 25.1. The van der Waals surface area contributed by atoms with Crippen LogP contribution in [0.25, 0.3) is 16.2 Å². The first-order valence-electron chi connectivity index (χ1n) is 11.4. The predicted octanol–water partition coefficient (Wildman–Crippen LogP) is 1.65. The molecule has 0 aromatic carbocycles. The molecule has 0 unspecified atom stereocenters. The van der Waals surface area contributed by atoms with E-state index < -0.39 is 27.0 Å². The molecule has 3 aromatic rings. The van der Waals surface area contributed by atoms with Gasteiger partial charge < -0.3 is 9.64 Å². The second-order valence-corrected chi connectivity index (χ2v) is 11.8. The first-order valence-corrected chi connectivity index (χ1v) is 13.7. The summed E-state index contributed by atoms with van der Waals surface area (Å²) in [6.45, 7) is 4.19. The summed E-state index contributed by atoms with van der Waals surface area (Å²) in [5.74, 6) is 0.595. The van der Waals surface area contributed by atoms with E-state index in [4.69, 9.17) is 4.74 Å². The third-order valence-electron chi connectivity index (χ3n) is 6.80. The second-order valence-electron chi connectivity index (χ2n) is 9.15. The van der Waals surface area contributed by atoms with Gasteiger partial charge in [-0.25, -0.2) is 22.2 Å². The Hall–Kier alpha value is -2.77. The Morgan fingerprint density at radius 3 is 2.81 bits per heavy atom. The fourth-order valence-electron chi connectivity index (χ4n) is 4.67. The van der Waals surface area contributed by atoms with Gasteiger partial charge in [-0.3, -0.25) is 9.30 Å². The van der Waals surface area contributed by atoms with Gasteiger partial charge in [-0.05, 0) is 25.0 Å². The van der Waals surface area contributed by atoms with Crippen molar-refractivity contribution in [3.8, 4) is 16.8 Å². The van der Waals surface area contributed by atoms with Crippen LogP contribution in [0.5, 0.6) is 0 Å². The number of ether oxygens (including phenoxy) is 1. The van der Waals surface area contributed by atoms with Crippen molar-refractivity contribution < 1.29 is 21.9 Å². The number of rotatable bonds is 6. The Morgan fingerprint density at radius 2 is 2.08 bits per heavy atom. The molecule has 2 aliphatic heterocycles. The molecule has 1 atom stereocenters. The van der Waals surface area contributed by atoms with Crippen molar-refractivity contribution in [1.29, 1.82) is 5.26 Å². The number of imidazole rings is 1. The molecule has 15 heteroatoms. The minimum atomic E-state index is -4.06. The number of fused-ring (bicyclic) bond motifs is 2. The van der Waals surface area contributed by atoms with E-state index in [0.717, 1.165) is 13.1 Å². The summed E-state index contributed by atoms with van der Waals surface area (Å²) >= 11 is 0.714. The number of alkyl halides is 2. The lowest BCUT2D eigenvalue weighted by Gasteiger charge is -2.44. The van der Waals surface area contributed by atoms with Gasteiger partial charge in [-0.15, -0.1) is 10.2 Å². The minimum absolute atomic E-state index is 0.0332. The van der Waals surface area contributed by atoms with E-state index in [2.05, 4.69) is 29.7 Å². The van der Waals surface area contributed by atoms with Crippen LogP contribution in [0.1, 0.15) is 24.3 Å². The highest BCUT2D eigenvalue weighted by atomic mass is 32.2. The lowest BCUT2D eigenvalue weighted by Crippen LogP contribution is -2.58. The topological polar surface area (TPSA) is 129 Å². The van der Waals surface area contributed by atoms with Gasteiger partial charge in [0.05, 0.1) is 35.7 Å². The second kappa shape index (κ2) is 8.67. The average molecular weight is 537 g/mol. The maximum Gasteiger partial charge on any atom is 0.291 e. The van der Waals surface area contributed by atoms with Gasteiger partial charge in [0.1, 0.15) is 23.4 Å². The lowest BCUT2D eigenvalue weighted by atomic mass is 10.1. The molecule has 5 heterocycles. The van der Waals surface area contributed by atoms with Crippen molar-refractivity contribution in [1.82, 2.24) is 29.2 Å². The number of hydrogen-bond acceptors (Lipinski definition) is 10. The molecular weight excluding hydrogens is 514 g/mol. The number of nitrogens with zero attached hydrogens (tertiary/aromatic N) is 7. The number of piperazine rings is 1. The highest BCUT2D eigenvalue weighted by Crippen LogP contribution is 2.38. The number of morpholine rings is 1. The summed E-state index contributed by atoms with van der Waals surface area (Å²) in [6.07, 6.45) is -0.342. The number of anilines is 1. The van der Waals surface area contributed by atoms with Crippen LogP contribution in [-0.2, 0) is 14.8 Å². The molecule has 1 saturated carbocycles. The average Bonchev–Trinajstić information content (AvgIpc) is 3.26. The van der Waals surface area contributed by atoms with Gasteiger partial charge in [0.2, 0.25) is 10.0 Å². The molecule has 11 nitrogen and oxygen atoms in total. The molecule has 3 aliphatic rings. The van der Waals surface area contributed by atoms with Crippen molar-refractivity contribution in [2.75, 3.05) is 44.3 Å². The summed E-state index contributed by atoms with van der Waals surface area (Å²) in [6, 6.07) is 5.21. The Morgan fingerprint density at radius 1 is 1.25 bits per heavy atom. The zero-order valence-corrected chi connectivity index (χ0v) is 20.6. The maximum absolute atomic E-state index is 13.4. The van der Waals surface area contributed by atoms with Crippen molar-refractivity contribution in [3.05, 3.63) is 23.5 Å². The fraction of sp³-hybridized carbons (Fsp3) is 0.524. The van der Waals surface area contributed by atoms with Crippen molar-refractivity contribution >= 4 is 32.7 Å². The van der Waals surface area contributed by atoms with Crippen LogP contribution in [0.3, 0.4) is 0 Å². The van der Waals surface area contributed by atoms with E-state index >= 15 is 0 Å². The standard InChI is InChI=1S/C21H22F2N8O3S2/c22-18(23)20-27-26-19(35-20)17-15-7-14(36(32,33)28-21(11-24)1-2-21)8-16(31(15)12-25-17)30-4-3-29-5-6-34-10-13(29)9-30/h7-8,12-13,18,28H,1-6,9-10H2/t13-/m1/s1. The first-order chi connectivity index (χ1) is 17.3. The molecule has 2 saturated heterocycles. The molecule has 36 heavy (non-hydrogen) atoms. The van der Waals surface area contributed by atoms with Gasteiger partial charge in [0.25, 0.3) is 6.43 Å². The van der Waals surface area contributed by atoms with Crippen LogP contribution in [0.15, 0.2) is 23.4 Å². The van der Waals surface area contributed by atoms with Gasteiger partial charge >= 0.3 is 0 Å². The molecule has 1 N–H and O–H groups in total. The number of halogens is 2. The number of hydrogen-bond donors (Lipinski definition) is 1. The van der Waals surface area contributed by atoms with E-state index in [1.54, 1.807) is 10.5 Å². The third kappa shape index (κ3) is 4.12. The van der Waals surface area contributed by atoms with Crippen molar-refractivity contribution in [2.45, 2.75) is 35.7 Å². The van der Waals surface area contributed by atoms with Crippen LogP contribution in [0.2, 0.25) is 0 Å². The highest BCUT2D eigenvalue weighted by Gasteiger charge is 2.47. The molecule has 6 rings (SSSR count). The Balaban J connectivity index is 1.46. The van der Waals surface area contributed by atoms with E-state index in [-0.39, 0.29) is 21.6 Å².